The van der Waals surface area contributed by atoms with E-state index in [4.69, 9.17) is 9.52 Å². The fraction of sp³-hybridized carbons (Fsp3) is 0.273. The molecule has 0 radical (unpaired) electrons. The first-order valence-corrected chi connectivity index (χ1v) is 4.72. The van der Waals surface area contributed by atoms with E-state index in [9.17, 15) is 4.79 Å². The second-order valence-corrected chi connectivity index (χ2v) is 3.56. The Balaban J connectivity index is 2.32. The molecule has 0 saturated heterocycles. The first kappa shape index (κ1) is 9.71. The summed E-state index contributed by atoms with van der Waals surface area (Å²) in [5, 5.41) is 9.70. The van der Waals surface area contributed by atoms with Gasteiger partial charge in [0.1, 0.15) is 0 Å². The number of hydrogen-bond donors (Lipinski definition) is 1. The molecule has 0 aliphatic heterocycles. The van der Waals surface area contributed by atoms with Gasteiger partial charge in [-0.2, -0.15) is 0 Å². The predicted octanol–water partition coefficient (Wildman–Crippen LogP) is 2.09. The molecule has 0 aromatic carbocycles. The van der Waals surface area contributed by atoms with Crippen molar-refractivity contribution in [2.75, 3.05) is 0 Å². The van der Waals surface area contributed by atoms with Crippen LogP contribution >= 0.6 is 0 Å². The van der Waals surface area contributed by atoms with Gasteiger partial charge in [-0.05, 0) is 18.6 Å². The van der Waals surface area contributed by atoms with Crippen molar-refractivity contribution in [2.45, 2.75) is 13.3 Å². The third kappa shape index (κ3) is 1.83. The Kier molecular flexibility index (Phi) is 2.41. The number of hydrogen-bond acceptors (Lipinski definition) is 3. The molecule has 0 spiro atoms. The molecule has 0 amide bonds. The molecule has 1 atom stereocenters. The number of carboxylic acid groups (broad SMARTS) is 1. The predicted molar refractivity (Wildman–Crippen MR) is 54.5 cm³/mol. The summed E-state index contributed by atoms with van der Waals surface area (Å²) in [6.45, 7) is 1.68. The molecular formula is C11H11NO3. The van der Waals surface area contributed by atoms with Crippen LogP contribution in [0.25, 0.3) is 11.1 Å². The maximum absolute atomic E-state index is 10.7. The van der Waals surface area contributed by atoms with Gasteiger partial charge in [0.15, 0.2) is 0 Å². The largest absolute Gasteiger partial charge is 0.481 e. The summed E-state index contributed by atoms with van der Waals surface area (Å²) in [6, 6.07) is 3.70. The van der Waals surface area contributed by atoms with Gasteiger partial charge in [0, 0.05) is 17.1 Å². The maximum Gasteiger partial charge on any atom is 0.306 e. The van der Waals surface area contributed by atoms with Crippen molar-refractivity contribution in [1.29, 1.82) is 0 Å². The van der Waals surface area contributed by atoms with Gasteiger partial charge in [-0.15, -0.1) is 0 Å². The minimum atomic E-state index is -0.798. The van der Waals surface area contributed by atoms with Gasteiger partial charge in [-0.3, -0.25) is 4.79 Å². The molecule has 0 saturated carbocycles. The summed E-state index contributed by atoms with van der Waals surface area (Å²) in [5.74, 6) is -1.21. The third-order valence-corrected chi connectivity index (χ3v) is 2.38. The van der Waals surface area contributed by atoms with Crippen LogP contribution in [0, 0.1) is 5.92 Å². The van der Waals surface area contributed by atoms with Crippen molar-refractivity contribution in [2.24, 2.45) is 5.92 Å². The summed E-state index contributed by atoms with van der Waals surface area (Å²) in [7, 11) is 0. The zero-order valence-electron chi connectivity index (χ0n) is 8.30. The van der Waals surface area contributed by atoms with Crippen LogP contribution in [0.3, 0.4) is 0 Å². The van der Waals surface area contributed by atoms with E-state index in [1.807, 2.05) is 12.1 Å². The average molecular weight is 205 g/mol. The zero-order chi connectivity index (χ0) is 10.8. The van der Waals surface area contributed by atoms with E-state index < -0.39 is 11.9 Å². The minimum absolute atomic E-state index is 0.411. The first-order valence-electron chi connectivity index (χ1n) is 4.72. The number of rotatable bonds is 3. The monoisotopic (exact) mass is 205 g/mol. The highest BCUT2D eigenvalue weighted by atomic mass is 16.4. The van der Waals surface area contributed by atoms with Crippen molar-refractivity contribution in [1.82, 2.24) is 4.98 Å². The van der Waals surface area contributed by atoms with Crippen LogP contribution in [0.5, 0.6) is 0 Å². The van der Waals surface area contributed by atoms with Crippen LogP contribution in [-0.2, 0) is 11.2 Å². The number of aliphatic carboxylic acids is 1. The van der Waals surface area contributed by atoms with Crippen LogP contribution in [-0.4, -0.2) is 16.1 Å². The minimum Gasteiger partial charge on any atom is -0.481 e. The van der Waals surface area contributed by atoms with E-state index in [2.05, 4.69) is 4.98 Å². The van der Waals surface area contributed by atoms with Gasteiger partial charge in [0.05, 0.1) is 12.2 Å². The maximum atomic E-state index is 10.7. The van der Waals surface area contributed by atoms with Gasteiger partial charge >= 0.3 is 5.97 Å². The fourth-order valence-electron chi connectivity index (χ4n) is 1.49. The Bertz CT molecular complexity index is 489. The Hall–Kier alpha value is -1.84. The molecule has 0 aliphatic rings. The van der Waals surface area contributed by atoms with Crippen LogP contribution < -0.4 is 0 Å². The lowest BCUT2D eigenvalue weighted by molar-refractivity contribution is -0.141. The summed E-state index contributed by atoms with van der Waals surface area (Å²) < 4.78 is 5.23. The van der Waals surface area contributed by atoms with E-state index in [-0.39, 0.29) is 0 Å². The fourth-order valence-corrected chi connectivity index (χ4v) is 1.49. The number of aromatic nitrogens is 1. The van der Waals surface area contributed by atoms with E-state index in [0.29, 0.717) is 12.1 Å². The summed E-state index contributed by atoms with van der Waals surface area (Å²) in [5.41, 5.74) is 1.46. The van der Waals surface area contributed by atoms with E-state index >= 15 is 0 Å². The summed E-state index contributed by atoms with van der Waals surface area (Å²) in [4.78, 5) is 14.8. The molecule has 0 bridgehead atoms. The molecule has 4 heteroatoms. The van der Waals surface area contributed by atoms with Gasteiger partial charge in [0.25, 0.3) is 0 Å². The zero-order valence-corrected chi connectivity index (χ0v) is 8.30. The number of nitrogens with zero attached hydrogens (tertiary/aromatic N) is 1. The molecule has 0 aliphatic carbocycles. The molecule has 1 unspecified atom stereocenters. The highest BCUT2D eigenvalue weighted by Crippen LogP contribution is 2.21. The summed E-state index contributed by atoms with van der Waals surface area (Å²) in [6.07, 6.45) is 3.70. The van der Waals surface area contributed by atoms with Crippen molar-refractivity contribution in [3.05, 3.63) is 30.2 Å². The highest BCUT2D eigenvalue weighted by molar-refractivity contribution is 5.78. The molecule has 1 N–H and O–H groups in total. The van der Waals surface area contributed by atoms with Crippen LogP contribution in [0.15, 0.2) is 29.0 Å². The highest BCUT2D eigenvalue weighted by Gasteiger charge is 2.15. The second-order valence-electron chi connectivity index (χ2n) is 3.56. The molecule has 2 rings (SSSR count). The number of carbonyl (C=O) groups is 1. The third-order valence-electron chi connectivity index (χ3n) is 2.38. The SMILES string of the molecule is CC(Cc1coc2ncccc12)C(=O)O. The molecule has 0 fully saturated rings. The second kappa shape index (κ2) is 3.73. The van der Waals surface area contributed by atoms with E-state index in [1.54, 1.807) is 19.4 Å². The van der Waals surface area contributed by atoms with Gasteiger partial charge in [-0.1, -0.05) is 6.92 Å². The van der Waals surface area contributed by atoms with E-state index in [1.165, 1.54) is 0 Å². The Morgan fingerprint density at radius 1 is 1.67 bits per heavy atom. The van der Waals surface area contributed by atoms with Crippen molar-refractivity contribution in [3.63, 3.8) is 0 Å². The van der Waals surface area contributed by atoms with Crippen molar-refractivity contribution >= 4 is 17.1 Å². The van der Waals surface area contributed by atoms with Crippen LogP contribution in [0.4, 0.5) is 0 Å². The molecule has 2 aromatic heterocycles. The van der Waals surface area contributed by atoms with Crippen LogP contribution in [0.2, 0.25) is 0 Å². The molecule has 78 valence electrons. The van der Waals surface area contributed by atoms with Gasteiger partial charge < -0.3 is 9.52 Å². The first-order chi connectivity index (χ1) is 7.18. The van der Waals surface area contributed by atoms with Crippen molar-refractivity contribution < 1.29 is 14.3 Å². The Morgan fingerprint density at radius 2 is 2.47 bits per heavy atom. The lowest BCUT2D eigenvalue weighted by Crippen LogP contribution is -2.11. The Morgan fingerprint density at radius 3 is 3.20 bits per heavy atom. The molecule has 2 heterocycles. The number of furan rings is 1. The quantitative estimate of drug-likeness (QED) is 0.833. The number of fused-ring (bicyclic) bond motifs is 1. The van der Waals surface area contributed by atoms with Crippen LogP contribution in [0.1, 0.15) is 12.5 Å². The summed E-state index contributed by atoms with van der Waals surface area (Å²) >= 11 is 0. The van der Waals surface area contributed by atoms with Gasteiger partial charge in [-0.25, -0.2) is 4.98 Å². The lowest BCUT2D eigenvalue weighted by atomic mass is 10.0. The Labute approximate surface area is 86.5 Å². The molecule has 2 aromatic rings. The molecule has 15 heavy (non-hydrogen) atoms. The smallest absolute Gasteiger partial charge is 0.306 e. The van der Waals surface area contributed by atoms with Gasteiger partial charge in [0.2, 0.25) is 5.71 Å². The molecule has 4 nitrogen and oxygen atoms in total. The topological polar surface area (TPSA) is 63.3 Å². The van der Waals surface area contributed by atoms with Crippen molar-refractivity contribution in [3.8, 4) is 0 Å². The average Bonchev–Trinajstić information content (AvgIpc) is 2.62. The number of carboxylic acids is 1. The number of pyridine rings is 1. The molecular weight excluding hydrogens is 194 g/mol. The standard InChI is InChI=1S/C11H11NO3/c1-7(11(13)14)5-8-6-15-10-9(8)3-2-4-12-10/h2-4,6-7H,5H2,1H3,(H,13,14). The lowest BCUT2D eigenvalue weighted by Gasteiger charge is -2.02. The normalized spacial score (nSPS) is 12.9. The van der Waals surface area contributed by atoms with E-state index in [0.717, 1.165) is 10.9 Å².